The second-order valence-corrected chi connectivity index (χ2v) is 10.8. The van der Waals surface area contributed by atoms with Gasteiger partial charge in [-0.2, -0.15) is 9.97 Å². The summed E-state index contributed by atoms with van der Waals surface area (Å²) in [5.41, 5.74) is 0.953. The molecule has 41 heavy (non-hydrogen) atoms. The highest BCUT2D eigenvalue weighted by molar-refractivity contribution is 5.87. The number of aromatic nitrogens is 4. The number of imidazole rings is 1. The van der Waals surface area contributed by atoms with Gasteiger partial charge in [0.2, 0.25) is 23.6 Å². The number of piperidine rings is 1. The van der Waals surface area contributed by atoms with Gasteiger partial charge in [0.1, 0.15) is 11.9 Å². The minimum absolute atomic E-state index is 0.0136. The number of halogens is 2. The molecule has 2 amide bonds. The first-order chi connectivity index (χ1) is 19.9. The van der Waals surface area contributed by atoms with Crippen LogP contribution in [0.25, 0.3) is 16.9 Å². The standard InChI is InChI=1S/C28H33F2N7O4/c1-35-9-8-17(14-24(35)38)27(39)31-18-6-7-19(15-18)41-23-16-22(33-28(34-23)36-10-12-40-13-11-36)37-21-5-3-2-4-20(21)32-26(37)25(29)30/h2-5,16-19,25H,6-15H2,1H3,(H,31,39)/t17?,18-,19-/m0/s1. The lowest BCUT2D eigenvalue weighted by Gasteiger charge is -2.28. The van der Waals surface area contributed by atoms with E-state index in [1.807, 2.05) is 4.90 Å². The van der Waals surface area contributed by atoms with Crippen molar-refractivity contribution >= 4 is 28.8 Å². The van der Waals surface area contributed by atoms with Gasteiger partial charge in [0, 0.05) is 57.5 Å². The lowest BCUT2D eigenvalue weighted by Crippen LogP contribution is -2.44. The highest BCUT2D eigenvalue weighted by Gasteiger charge is 2.33. The maximum atomic E-state index is 14.1. The largest absolute Gasteiger partial charge is 0.474 e. The van der Waals surface area contributed by atoms with Gasteiger partial charge in [0.25, 0.3) is 6.43 Å². The van der Waals surface area contributed by atoms with Crippen LogP contribution in [0.2, 0.25) is 0 Å². The fraction of sp³-hybridized carbons (Fsp3) is 0.536. The van der Waals surface area contributed by atoms with E-state index in [1.54, 1.807) is 42.3 Å². The Hall–Kier alpha value is -3.87. The van der Waals surface area contributed by atoms with Crippen LogP contribution in [0.1, 0.15) is 44.4 Å². The van der Waals surface area contributed by atoms with E-state index < -0.39 is 12.2 Å². The van der Waals surface area contributed by atoms with E-state index in [2.05, 4.69) is 20.3 Å². The Bertz CT molecular complexity index is 1430. The fourth-order valence-electron chi connectivity index (χ4n) is 5.75. The summed E-state index contributed by atoms with van der Waals surface area (Å²) >= 11 is 0. The zero-order valence-electron chi connectivity index (χ0n) is 22.8. The molecule has 1 saturated carbocycles. The van der Waals surface area contributed by atoms with E-state index in [-0.39, 0.29) is 48.0 Å². The molecule has 2 saturated heterocycles. The number of carbonyl (C=O) groups excluding carboxylic acids is 2. The number of morpholine rings is 1. The summed E-state index contributed by atoms with van der Waals surface area (Å²) in [5.74, 6) is 0.0622. The molecule has 0 radical (unpaired) electrons. The summed E-state index contributed by atoms with van der Waals surface area (Å²) in [4.78, 5) is 41.9. The van der Waals surface area contributed by atoms with Crippen molar-refractivity contribution in [2.24, 2.45) is 5.92 Å². The summed E-state index contributed by atoms with van der Waals surface area (Å²) < 4.78 is 41.4. The summed E-state index contributed by atoms with van der Waals surface area (Å²) in [6.07, 6.45) is -0.159. The van der Waals surface area contributed by atoms with Crippen LogP contribution in [-0.2, 0) is 14.3 Å². The SMILES string of the molecule is CN1CCC(C(=O)N[C@H]2CC[C@H](Oc3cc(-n4c(C(F)F)nc5ccccc54)nc(N4CCOCC4)n3)C2)CC1=O. The number of nitrogens with one attached hydrogen (secondary N) is 1. The number of carbonyl (C=O) groups is 2. The molecule has 1 unspecified atom stereocenters. The Morgan fingerprint density at radius 2 is 1.90 bits per heavy atom. The maximum Gasteiger partial charge on any atom is 0.296 e. The number of rotatable bonds is 7. The minimum Gasteiger partial charge on any atom is -0.474 e. The predicted molar refractivity (Wildman–Crippen MR) is 145 cm³/mol. The highest BCUT2D eigenvalue weighted by atomic mass is 19.3. The summed E-state index contributed by atoms with van der Waals surface area (Å²) in [5, 5.41) is 3.10. The molecule has 3 aromatic rings. The van der Waals surface area contributed by atoms with Gasteiger partial charge in [0.05, 0.1) is 24.2 Å². The Morgan fingerprint density at radius 3 is 2.68 bits per heavy atom. The maximum absolute atomic E-state index is 14.1. The van der Waals surface area contributed by atoms with Crippen molar-refractivity contribution in [3.05, 3.63) is 36.2 Å². The second-order valence-electron chi connectivity index (χ2n) is 10.8. The second kappa shape index (κ2) is 11.6. The van der Waals surface area contributed by atoms with Gasteiger partial charge in [-0.15, -0.1) is 0 Å². The predicted octanol–water partition coefficient (Wildman–Crippen LogP) is 2.87. The van der Waals surface area contributed by atoms with Crippen LogP contribution in [-0.4, -0.2) is 88.3 Å². The van der Waals surface area contributed by atoms with E-state index in [9.17, 15) is 18.4 Å². The monoisotopic (exact) mass is 569 g/mol. The van der Waals surface area contributed by atoms with Crippen LogP contribution in [0.4, 0.5) is 14.7 Å². The van der Waals surface area contributed by atoms with Crippen molar-refractivity contribution in [3.8, 4) is 11.7 Å². The first-order valence-corrected chi connectivity index (χ1v) is 14.0. The van der Waals surface area contributed by atoms with Crippen LogP contribution in [0, 0.1) is 5.92 Å². The molecule has 2 aromatic heterocycles. The van der Waals surface area contributed by atoms with Crippen molar-refractivity contribution in [2.75, 3.05) is 44.8 Å². The third-order valence-electron chi connectivity index (χ3n) is 8.03. The molecular formula is C28H33F2N7O4. The number of hydrogen-bond donors (Lipinski definition) is 1. The number of nitrogens with zero attached hydrogens (tertiary/aromatic N) is 6. The molecule has 13 heteroatoms. The highest BCUT2D eigenvalue weighted by Crippen LogP contribution is 2.31. The summed E-state index contributed by atoms with van der Waals surface area (Å²) in [6.45, 7) is 2.72. The summed E-state index contributed by atoms with van der Waals surface area (Å²) in [6, 6.07) is 8.43. The average molecular weight is 570 g/mol. The van der Waals surface area contributed by atoms with Gasteiger partial charge < -0.3 is 24.6 Å². The van der Waals surface area contributed by atoms with Crippen LogP contribution in [0.15, 0.2) is 30.3 Å². The molecule has 1 aromatic carbocycles. The number of ether oxygens (including phenoxy) is 2. The molecule has 218 valence electrons. The van der Waals surface area contributed by atoms with Gasteiger partial charge in [-0.25, -0.2) is 13.8 Å². The molecule has 1 aliphatic carbocycles. The van der Waals surface area contributed by atoms with Crippen LogP contribution in [0.3, 0.4) is 0 Å². The van der Waals surface area contributed by atoms with Gasteiger partial charge in [-0.1, -0.05) is 12.1 Å². The van der Waals surface area contributed by atoms with Crippen molar-refractivity contribution in [1.29, 1.82) is 0 Å². The first-order valence-electron chi connectivity index (χ1n) is 14.0. The number of hydrogen-bond acceptors (Lipinski definition) is 8. The third kappa shape index (κ3) is 5.81. The van der Waals surface area contributed by atoms with E-state index in [4.69, 9.17) is 9.47 Å². The van der Waals surface area contributed by atoms with Crippen molar-refractivity contribution in [3.63, 3.8) is 0 Å². The lowest BCUT2D eigenvalue weighted by molar-refractivity contribution is -0.139. The number of likely N-dealkylation sites (tertiary alicyclic amines) is 1. The number of benzene rings is 1. The molecule has 1 N–H and O–H groups in total. The van der Waals surface area contributed by atoms with Gasteiger partial charge in [-0.05, 0) is 31.4 Å². The van der Waals surface area contributed by atoms with Crippen molar-refractivity contribution in [1.82, 2.24) is 29.7 Å². The van der Waals surface area contributed by atoms with Crippen molar-refractivity contribution < 1.29 is 27.8 Å². The zero-order chi connectivity index (χ0) is 28.5. The molecule has 0 spiro atoms. The zero-order valence-corrected chi connectivity index (χ0v) is 22.8. The Kier molecular flexibility index (Phi) is 7.69. The van der Waals surface area contributed by atoms with Gasteiger partial charge in [0.15, 0.2) is 5.82 Å². The number of fused-ring (bicyclic) bond motifs is 1. The van der Waals surface area contributed by atoms with Gasteiger partial charge >= 0.3 is 0 Å². The van der Waals surface area contributed by atoms with Crippen LogP contribution >= 0.6 is 0 Å². The number of para-hydroxylation sites is 2. The van der Waals surface area contributed by atoms with Gasteiger partial charge in [-0.3, -0.25) is 14.2 Å². The fourth-order valence-corrected chi connectivity index (χ4v) is 5.75. The minimum atomic E-state index is -2.81. The van der Waals surface area contributed by atoms with E-state index in [0.29, 0.717) is 69.1 Å². The molecule has 0 bridgehead atoms. The normalized spacial score (nSPS) is 23.4. The van der Waals surface area contributed by atoms with E-state index in [0.717, 1.165) is 6.42 Å². The molecule has 3 fully saturated rings. The average Bonchev–Trinajstić information content (AvgIpc) is 3.59. The van der Waals surface area contributed by atoms with Crippen LogP contribution in [0.5, 0.6) is 5.88 Å². The Morgan fingerprint density at radius 1 is 1.10 bits per heavy atom. The number of anilines is 1. The quantitative estimate of drug-likeness (QED) is 0.462. The molecule has 11 nitrogen and oxygen atoms in total. The molecule has 4 heterocycles. The Balaban J connectivity index is 1.23. The molecular weight excluding hydrogens is 536 g/mol. The first kappa shape index (κ1) is 27.3. The molecule has 3 atom stereocenters. The topological polar surface area (TPSA) is 115 Å². The number of amides is 2. The molecule has 6 rings (SSSR count). The third-order valence-corrected chi connectivity index (χ3v) is 8.03. The van der Waals surface area contributed by atoms with Crippen LogP contribution < -0.4 is 15.0 Å². The Labute approximate surface area is 235 Å². The molecule has 3 aliphatic rings. The van der Waals surface area contributed by atoms with Crippen molar-refractivity contribution in [2.45, 2.75) is 50.7 Å². The summed E-state index contributed by atoms with van der Waals surface area (Å²) in [7, 11) is 1.75. The lowest BCUT2D eigenvalue weighted by atomic mass is 9.95. The molecule has 2 aliphatic heterocycles. The van der Waals surface area contributed by atoms with E-state index in [1.165, 1.54) is 4.57 Å². The van der Waals surface area contributed by atoms with E-state index >= 15 is 0 Å². The smallest absolute Gasteiger partial charge is 0.296 e. The number of alkyl halides is 2.